The van der Waals surface area contributed by atoms with Gasteiger partial charge in [0.25, 0.3) is 0 Å². The summed E-state index contributed by atoms with van der Waals surface area (Å²) >= 11 is 0. The van der Waals surface area contributed by atoms with E-state index in [9.17, 15) is 9.59 Å². The minimum atomic E-state index is -1.11. The standard InChI is InChI=1S/C18H17NO6/c1-11(17(20)21)25-16-13(6-4-8-15(16)24-2)10-19-14-7-3-5-12(9-14)18(22)23/h3-11H,1-2H3,(H,20,21)(H,22,23)/t11-/m1/s1. The molecule has 2 rings (SSSR count). The number of ether oxygens (including phenoxy) is 2. The fraction of sp³-hybridized carbons (Fsp3) is 0.167. The second kappa shape index (κ2) is 7.96. The zero-order chi connectivity index (χ0) is 18.4. The Morgan fingerprint density at radius 2 is 1.88 bits per heavy atom. The van der Waals surface area contributed by atoms with Gasteiger partial charge >= 0.3 is 11.9 Å². The summed E-state index contributed by atoms with van der Waals surface area (Å²) in [6.45, 7) is 1.41. The van der Waals surface area contributed by atoms with Gasteiger partial charge in [-0.05, 0) is 37.3 Å². The second-order valence-electron chi connectivity index (χ2n) is 5.09. The highest BCUT2D eigenvalue weighted by Gasteiger charge is 2.17. The number of aliphatic carboxylic acids is 1. The lowest BCUT2D eigenvalue weighted by molar-refractivity contribution is -0.144. The maximum absolute atomic E-state index is 11.0. The minimum Gasteiger partial charge on any atom is -0.493 e. The average Bonchev–Trinajstić information content (AvgIpc) is 2.60. The van der Waals surface area contributed by atoms with Crippen LogP contribution in [0.5, 0.6) is 11.5 Å². The first-order valence-electron chi connectivity index (χ1n) is 7.36. The summed E-state index contributed by atoms with van der Waals surface area (Å²) in [6.07, 6.45) is 0.395. The molecule has 0 aromatic heterocycles. The molecule has 0 aliphatic carbocycles. The molecule has 0 spiro atoms. The maximum Gasteiger partial charge on any atom is 0.344 e. The van der Waals surface area contributed by atoms with E-state index in [1.165, 1.54) is 32.4 Å². The smallest absolute Gasteiger partial charge is 0.344 e. The number of carboxylic acid groups (broad SMARTS) is 2. The van der Waals surface area contributed by atoms with E-state index in [1.54, 1.807) is 30.3 Å². The molecular weight excluding hydrogens is 326 g/mol. The Kier molecular flexibility index (Phi) is 5.73. The normalized spacial score (nSPS) is 11.9. The molecule has 0 saturated carbocycles. The van der Waals surface area contributed by atoms with E-state index >= 15 is 0 Å². The van der Waals surface area contributed by atoms with E-state index in [4.69, 9.17) is 19.7 Å². The van der Waals surface area contributed by atoms with Crippen LogP contribution < -0.4 is 9.47 Å². The van der Waals surface area contributed by atoms with Crippen molar-refractivity contribution in [1.29, 1.82) is 0 Å². The summed E-state index contributed by atoms with van der Waals surface area (Å²) < 4.78 is 10.7. The van der Waals surface area contributed by atoms with E-state index in [-0.39, 0.29) is 11.3 Å². The van der Waals surface area contributed by atoms with Crippen molar-refractivity contribution in [1.82, 2.24) is 0 Å². The highest BCUT2D eigenvalue weighted by atomic mass is 16.5. The molecule has 7 nitrogen and oxygen atoms in total. The molecule has 0 heterocycles. The summed E-state index contributed by atoms with van der Waals surface area (Å²) in [7, 11) is 1.45. The van der Waals surface area contributed by atoms with Crippen LogP contribution in [0.25, 0.3) is 0 Å². The molecule has 0 aliphatic rings. The van der Waals surface area contributed by atoms with Crippen LogP contribution in [0.4, 0.5) is 5.69 Å². The number of hydrogen-bond acceptors (Lipinski definition) is 5. The number of para-hydroxylation sites is 1. The van der Waals surface area contributed by atoms with Crippen LogP contribution in [0.3, 0.4) is 0 Å². The van der Waals surface area contributed by atoms with E-state index in [0.29, 0.717) is 17.0 Å². The van der Waals surface area contributed by atoms with Crippen LogP contribution in [0, 0.1) is 0 Å². The number of rotatable bonds is 7. The van der Waals surface area contributed by atoms with Crippen molar-refractivity contribution in [2.45, 2.75) is 13.0 Å². The predicted molar refractivity (Wildman–Crippen MR) is 91.4 cm³/mol. The highest BCUT2D eigenvalue weighted by molar-refractivity contribution is 5.90. The van der Waals surface area contributed by atoms with Crippen molar-refractivity contribution in [3.05, 3.63) is 53.6 Å². The first-order chi connectivity index (χ1) is 11.9. The number of methoxy groups -OCH3 is 1. The summed E-state index contributed by atoms with van der Waals surface area (Å²) in [4.78, 5) is 26.3. The Hall–Kier alpha value is -3.35. The van der Waals surface area contributed by atoms with Gasteiger partial charge in [0.05, 0.1) is 18.4 Å². The fourth-order valence-electron chi connectivity index (χ4n) is 2.01. The molecule has 0 radical (unpaired) electrons. The lowest BCUT2D eigenvalue weighted by Crippen LogP contribution is -2.23. The van der Waals surface area contributed by atoms with Crippen LogP contribution in [0.2, 0.25) is 0 Å². The first-order valence-corrected chi connectivity index (χ1v) is 7.36. The molecule has 0 aliphatic heterocycles. The van der Waals surface area contributed by atoms with Gasteiger partial charge < -0.3 is 19.7 Å². The molecule has 130 valence electrons. The molecule has 25 heavy (non-hydrogen) atoms. The molecule has 0 fully saturated rings. The van der Waals surface area contributed by atoms with E-state index in [0.717, 1.165) is 0 Å². The maximum atomic E-state index is 11.0. The minimum absolute atomic E-state index is 0.122. The molecule has 1 atom stereocenters. The Morgan fingerprint density at radius 3 is 2.52 bits per heavy atom. The summed E-state index contributed by atoms with van der Waals surface area (Å²) in [6, 6.07) is 11.2. The molecule has 7 heteroatoms. The van der Waals surface area contributed by atoms with Gasteiger partial charge in [0.15, 0.2) is 17.6 Å². The molecule has 2 N–H and O–H groups in total. The van der Waals surface area contributed by atoms with Crippen molar-refractivity contribution in [3.63, 3.8) is 0 Å². The average molecular weight is 343 g/mol. The Morgan fingerprint density at radius 1 is 1.16 bits per heavy atom. The van der Waals surface area contributed by atoms with E-state index < -0.39 is 18.0 Å². The number of carboxylic acids is 2. The molecule has 0 unspecified atom stereocenters. The summed E-state index contributed by atoms with van der Waals surface area (Å²) in [5.41, 5.74) is 1.07. The molecular formula is C18H17NO6. The second-order valence-corrected chi connectivity index (χ2v) is 5.09. The molecule has 0 bridgehead atoms. The quantitative estimate of drug-likeness (QED) is 0.749. The lowest BCUT2D eigenvalue weighted by Gasteiger charge is -2.15. The van der Waals surface area contributed by atoms with E-state index in [1.807, 2.05) is 0 Å². The number of nitrogens with zero attached hydrogens (tertiary/aromatic N) is 1. The van der Waals surface area contributed by atoms with Gasteiger partial charge in [0.2, 0.25) is 0 Å². The van der Waals surface area contributed by atoms with Crippen molar-refractivity contribution in [3.8, 4) is 11.5 Å². The van der Waals surface area contributed by atoms with Crippen molar-refractivity contribution < 1.29 is 29.3 Å². The van der Waals surface area contributed by atoms with E-state index in [2.05, 4.69) is 4.99 Å². The van der Waals surface area contributed by atoms with Gasteiger partial charge in [-0.15, -0.1) is 0 Å². The third-order valence-corrected chi connectivity index (χ3v) is 3.32. The van der Waals surface area contributed by atoms with Crippen LogP contribution in [-0.4, -0.2) is 41.6 Å². The van der Waals surface area contributed by atoms with Gasteiger partial charge in [-0.2, -0.15) is 0 Å². The van der Waals surface area contributed by atoms with Crippen molar-refractivity contribution >= 4 is 23.8 Å². The van der Waals surface area contributed by atoms with Gasteiger partial charge in [-0.3, -0.25) is 4.99 Å². The van der Waals surface area contributed by atoms with Crippen LogP contribution in [0.15, 0.2) is 47.5 Å². The zero-order valence-electron chi connectivity index (χ0n) is 13.7. The number of benzene rings is 2. The molecule has 2 aromatic rings. The molecule has 0 saturated heterocycles. The Balaban J connectivity index is 2.37. The Labute approximate surface area is 144 Å². The van der Waals surface area contributed by atoms with Crippen molar-refractivity contribution in [2.24, 2.45) is 4.99 Å². The van der Waals surface area contributed by atoms with Crippen LogP contribution >= 0.6 is 0 Å². The number of hydrogen-bond donors (Lipinski definition) is 2. The molecule has 0 amide bonds. The van der Waals surface area contributed by atoms with Crippen molar-refractivity contribution in [2.75, 3.05) is 7.11 Å². The number of carbonyl (C=O) groups is 2. The third kappa shape index (κ3) is 4.57. The largest absolute Gasteiger partial charge is 0.493 e. The molecule has 2 aromatic carbocycles. The van der Waals surface area contributed by atoms with Crippen LogP contribution in [0.1, 0.15) is 22.8 Å². The van der Waals surface area contributed by atoms with Gasteiger partial charge in [-0.25, -0.2) is 9.59 Å². The van der Waals surface area contributed by atoms with Crippen LogP contribution in [-0.2, 0) is 4.79 Å². The predicted octanol–water partition coefficient (Wildman–Crippen LogP) is 3.00. The third-order valence-electron chi connectivity index (χ3n) is 3.32. The fourth-order valence-corrected chi connectivity index (χ4v) is 2.01. The first kappa shape index (κ1) is 18.0. The van der Waals surface area contributed by atoms with Gasteiger partial charge in [0.1, 0.15) is 0 Å². The monoisotopic (exact) mass is 343 g/mol. The highest BCUT2D eigenvalue weighted by Crippen LogP contribution is 2.31. The zero-order valence-corrected chi connectivity index (χ0v) is 13.7. The Bertz CT molecular complexity index is 815. The summed E-state index contributed by atoms with van der Waals surface area (Å²) in [5.74, 6) is -1.53. The summed E-state index contributed by atoms with van der Waals surface area (Å²) in [5, 5.41) is 18.0. The lowest BCUT2D eigenvalue weighted by atomic mass is 10.2. The number of aliphatic imine (C=N–C) groups is 1. The number of aromatic carboxylic acids is 1. The van der Waals surface area contributed by atoms with Gasteiger partial charge in [0, 0.05) is 11.8 Å². The topological polar surface area (TPSA) is 105 Å². The SMILES string of the molecule is COc1cccc(C=Nc2cccc(C(=O)O)c2)c1O[C@H](C)C(=O)O. The van der Waals surface area contributed by atoms with Gasteiger partial charge in [-0.1, -0.05) is 12.1 Å².